The fourth-order valence-corrected chi connectivity index (χ4v) is 3.73. The second-order valence-corrected chi connectivity index (χ2v) is 7.29. The average molecular weight is 370 g/mol. The molecule has 0 bridgehead atoms. The number of para-hydroxylation sites is 3. The van der Waals surface area contributed by atoms with Gasteiger partial charge >= 0.3 is 0 Å². The lowest BCUT2D eigenvalue weighted by Crippen LogP contribution is -2.32. The molecule has 2 aromatic rings. The van der Waals surface area contributed by atoms with E-state index in [-0.39, 0.29) is 18.2 Å². The largest absolute Gasteiger partial charge is 0.491 e. The molecule has 0 saturated carbocycles. The molecule has 1 atom stereocenters. The van der Waals surface area contributed by atoms with Gasteiger partial charge in [0.05, 0.1) is 23.2 Å². The van der Waals surface area contributed by atoms with Gasteiger partial charge in [-0.1, -0.05) is 37.6 Å². The Hall–Kier alpha value is -2.47. The van der Waals surface area contributed by atoms with Gasteiger partial charge in [0.2, 0.25) is 11.8 Å². The zero-order valence-corrected chi connectivity index (χ0v) is 15.5. The number of unbranched alkanes of at least 4 members (excludes halogenated alkanes) is 1. The fraction of sp³-hybridized carbons (Fsp3) is 0.300. The zero-order valence-electron chi connectivity index (χ0n) is 14.7. The van der Waals surface area contributed by atoms with Crippen LogP contribution in [0.4, 0.5) is 11.4 Å². The molecule has 2 aromatic carbocycles. The molecule has 0 spiro atoms. The van der Waals surface area contributed by atoms with Crippen molar-refractivity contribution in [2.45, 2.75) is 36.3 Å². The van der Waals surface area contributed by atoms with Crippen LogP contribution < -0.4 is 15.4 Å². The van der Waals surface area contributed by atoms with Crippen LogP contribution in [0.15, 0.2) is 53.4 Å². The summed E-state index contributed by atoms with van der Waals surface area (Å²) in [6, 6.07) is 15.0. The minimum absolute atomic E-state index is 0.105. The van der Waals surface area contributed by atoms with E-state index in [0.29, 0.717) is 18.0 Å². The molecule has 1 aliphatic heterocycles. The van der Waals surface area contributed by atoms with E-state index in [1.807, 2.05) is 48.5 Å². The first-order valence-corrected chi connectivity index (χ1v) is 9.63. The number of ether oxygens (including phenoxy) is 1. The lowest BCUT2D eigenvalue weighted by Gasteiger charge is -2.23. The number of carbonyl (C=O) groups is 2. The van der Waals surface area contributed by atoms with E-state index in [1.54, 1.807) is 0 Å². The Bertz CT molecular complexity index is 794. The smallest absolute Gasteiger partial charge is 0.238 e. The number of amides is 2. The van der Waals surface area contributed by atoms with Crippen molar-refractivity contribution in [2.24, 2.45) is 0 Å². The summed E-state index contributed by atoms with van der Waals surface area (Å²) in [6.45, 7) is 2.71. The minimum atomic E-state index is -0.446. The number of nitrogens with one attached hydrogen (secondary N) is 2. The molecule has 0 radical (unpaired) electrons. The second kappa shape index (κ2) is 8.76. The number of benzene rings is 2. The predicted molar refractivity (Wildman–Crippen MR) is 105 cm³/mol. The number of hydrogen-bond acceptors (Lipinski definition) is 4. The van der Waals surface area contributed by atoms with Gasteiger partial charge in [-0.05, 0) is 30.7 Å². The highest BCUT2D eigenvalue weighted by Gasteiger charge is 2.29. The summed E-state index contributed by atoms with van der Waals surface area (Å²) in [7, 11) is 0. The number of fused-ring (bicyclic) bond motifs is 1. The monoisotopic (exact) mass is 370 g/mol. The fourth-order valence-electron chi connectivity index (χ4n) is 2.62. The highest BCUT2D eigenvalue weighted by Crippen LogP contribution is 2.36. The van der Waals surface area contributed by atoms with E-state index >= 15 is 0 Å². The number of hydrogen-bond donors (Lipinski definition) is 2. The third-order valence-corrected chi connectivity index (χ3v) is 5.27. The van der Waals surface area contributed by atoms with Crippen molar-refractivity contribution in [3.8, 4) is 5.75 Å². The van der Waals surface area contributed by atoms with E-state index in [1.165, 1.54) is 11.8 Å². The van der Waals surface area contributed by atoms with Crippen LogP contribution in [0.1, 0.15) is 26.2 Å². The maximum Gasteiger partial charge on any atom is 0.238 e. The summed E-state index contributed by atoms with van der Waals surface area (Å²) in [4.78, 5) is 25.7. The van der Waals surface area contributed by atoms with E-state index in [4.69, 9.17) is 4.74 Å². The maximum atomic E-state index is 12.5. The number of carbonyl (C=O) groups excluding carboxylic acids is 2. The van der Waals surface area contributed by atoms with Crippen LogP contribution in [0.3, 0.4) is 0 Å². The van der Waals surface area contributed by atoms with Gasteiger partial charge in [0.25, 0.3) is 0 Å². The van der Waals surface area contributed by atoms with E-state index in [2.05, 4.69) is 17.6 Å². The molecule has 1 aliphatic rings. The topological polar surface area (TPSA) is 67.4 Å². The molecule has 0 saturated heterocycles. The summed E-state index contributed by atoms with van der Waals surface area (Å²) in [5.41, 5.74) is 1.43. The van der Waals surface area contributed by atoms with E-state index < -0.39 is 5.25 Å². The first-order valence-electron chi connectivity index (χ1n) is 8.75. The van der Waals surface area contributed by atoms with Crippen molar-refractivity contribution in [3.05, 3.63) is 48.5 Å². The number of anilines is 2. The van der Waals surface area contributed by atoms with Crippen molar-refractivity contribution in [1.29, 1.82) is 0 Å². The van der Waals surface area contributed by atoms with Gasteiger partial charge in [-0.25, -0.2) is 0 Å². The second-order valence-electron chi connectivity index (χ2n) is 6.04. The Labute approximate surface area is 157 Å². The van der Waals surface area contributed by atoms with Crippen LogP contribution in [0.2, 0.25) is 0 Å². The van der Waals surface area contributed by atoms with Crippen molar-refractivity contribution in [1.82, 2.24) is 0 Å². The van der Waals surface area contributed by atoms with Crippen molar-refractivity contribution < 1.29 is 14.3 Å². The van der Waals surface area contributed by atoms with Gasteiger partial charge in [-0.15, -0.1) is 11.8 Å². The van der Waals surface area contributed by atoms with Crippen molar-refractivity contribution in [2.75, 3.05) is 17.2 Å². The van der Waals surface area contributed by atoms with Gasteiger partial charge in [-0.3, -0.25) is 9.59 Å². The van der Waals surface area contributed by atoms with Crippen LogP contribution in [0.25, 0.3) is 0 Å². The zero-order chi connectivity index (χ0) is 18.4. The molecule has 136 valence electrons. The van der Waals surface area contributed by atoms with Crippen LogP contribution in [0, 0.1) is 0 Å². The highest BCUT2D eigenvalue weighted by atomic mass is 32.2. The predicted octanol–water partition coefficient (Wildman–Crippen LogP) is 4.31. The van der Waals surface area contributed by atoms with Gasteiger partial charge in [0.15, 0.2) is 0 Å². The van der Waals surface area contributed by atoms with E-state index in [9.17, 15) is 9.59 Å². The lowest BCUT2D eigenvalue weighted by atomic mass is 10.2. The highest BCUT2D eigenvalue weighted by molar-refractivity contribution is 8.01. The molecule has 2 amide bonds. The summed E-state index contributed by atoms with van der Waals surface area (Å²) in [6.07, 6.45) is 2.11. The van der Waals surface area contributed by atoms with Crippen LogP contribution in [0.5, 0.6) is 5.75 Å². The summed E-state index contributed by atoms with van der Waals surface area (Å²) in [5, 5.41) is 5.29. The molecular formula is C20H22N2O3S. The average Bonchev–Trinajstić information content (AvgIpc) is 2.64. The van der Waals surface area contributed by atoms with Gasteiger partial charge < -0.3 is 15.4 Å². The van der Waals surface area contributed by atoms with Crippen molar-refractivity contribution in [3.63, 3.8) is 0 Å². The molecule has 1 heterocycles. The first-order chi connectivity index (χ1) is 12.7. The molecular weight excluding hydrogens is 348 g/mol. The Kier molecular flexibility index (Phi) is 6.17. The molecule has 0 unspecified atom stereocenters. The van der Waals surface area contributed by atoms with Crippen molar-refractivity contribution >= 4 is 35.0 Å². The molecule has 2 N–H and O–H groups in total. The maximum absolute atomic E-state index is 12.5. The molecule has 3 rings (SSSR count). The Morgan fingerprint density at radius 2 is 1.96 bits per heavy atom. The minimum Gasteiger partial charge on any atom is -0.491 e. The molecule has 0 aromatic heterocycles. The number of thioether (sulfide) groups is 1. The summed E-state index contributed by atoms with van der Waals surface area (Å²) in [5.74, 6) is 0.306. The number of rotatable bonds is 7. The standard InChI is InChI=1S/C20H22N2O3S/c1-2-3-12-25-16-10-6-4-8-14(16)21-19(23)13-18-20(24)22-15-9-5-7-11-17(15)26-18/h4-11,18H,2-3,12-13H2,1H3,(H,21,23)(H,22,24)/t18-/m0/s1. The molecule has 0 fully saturated rings. The third kappa shape index (κ3) is 4.58. The lowest BCUT2D eigenvalue weighted by molar-refractivity contribution is -0.120. The quantitative estimate of drug-likeness (QED) is 0.713. The molecule has 5 nitrogen and oxygen atoms in total. The Morgan fingerprint density at radius 1 is 1.19 bits per heavy atom. The normalized spacial score (nSPS) is 15.7. The van der Waals surface area contributed by atoms with Crippen LogP contribution in [-0.4, -0.2) is 23.7 Å². The molecule has 6 heteroatoms. The summed E-state index contributed by atoms with van der Waals surface area (Å²) < 4.78 is 5.74. The Morgan fingerprint density at radius 3 is 2.81 bits per heavy atom. The van der Waals surface area contributed by atoms with E-state index in [0.717, 1.165) is 23.4 Å². The SMILES string of the molecule is CCCCOc1ccccc1NC(=O)C[C@@H]1Sc2ccccc2NC1=O. The third-order valence-electron chi connectivity index (χ3n) is 3.99. The van der Waals surface area contributed by atoms with Gasteiger partial charge in [0.1, 0.15) is 5.75 Å². The summed E-state index contributed by atoms with van der Waals surface area (Å²) >= 11 is 1.42. The van der Waals surface area contributed by atoms with Gasteiger partial charge in [0, 0.05) is 11.3 Å². The van der Waals surface area contributed by atoms with Crippen LogP contribution in [-0.2, 0) is 9.59 Å². The molecule has 0 aliphatic carbocycles. The molecule has 26 heavy (non-hydrogen) atoms. The first kappa shape index (κ1) is 18.3. The van der Waals surface area contributed by atoms with Crippen LogP contribution >= 0.6 is 11.8 Å². The Balaban J connectivity index is 1.62. The van der Waals surface area contributed by atoms with Gasteiger partial charge in [-0.2, -0.15) is 0 Å².